The standard InChI is InChI=1S/C17H13ClN2O/c1-12-6-5-9-14(10-12)20-17(18)15(11-21)16(19-20)13-7-3-2-4-8-13/h2-11H,1H3. The van der Waals surface area contributed by atoms with E-state index in [0.717, 1.165) is 23.1 Å². The molecule has 1 heterocycles. The summed E-state index contributed by atoms with van der Waals surface area (Å²) in [5.74, 6) is 0. The van der Waals surface area contributed by atoms with Crippen molar-refractivity contribution in [1.82, 2.24) is 9.78 Å². The van der Waals surface area contributed by atoms with Crippen LogP contribution in [0.2, 0.25) is 5.15 Å². The van der Waals surface area contributed by atoms with Crippen LogP contribution in [0.3, 0.4) is 0 Å². The van der Waals surface area contributed by atoms with Crippen molar-refractivity contribution >= 4 is 17.9 Å². The smallest absolute Gasteiger partial charge is 0.155 e. The highest BCUT2D eigenvalue weighted by Gasteiger charge is 2.18. The lowest BCUT2D eigenvalue weighted by atomic mass is 10.1. The van der Waals surface area contributed by atoms with Crippen LogP contribution in [0, 0.1) is 6.92 Å². The van der Waals surface area contributed by atoms with Crippen molar-refractivity contribution in [2.75, 3.05) is 0 Å². The summed E-state index contributed by atoms with van der Waals surface area (Å²) in [4.78, 5) is 11.4. The SMILES string of the molecule is Cc1cccc(-n2nc(-c3ccccc3)c(C=O)c2Cl)c1. The maximum Gasteiger partial charge on any atom is 0.155 e. The van der Waals surface area contributed by atoms with E-state index in [2.05, 4.69) is 5.10 Å². The molecule has 0 bridgehead atoms. The number of rotatable bonds is 3. The summed E-state index contributed by atoms with van der Waals surface area (Å²) in [7, 11) is 0. The minimum Gasteiger partial charge on any atom is -0.298 e. The molecule has 0 saturated carbocycles. The van der Waals surface area contributed by atoms with Gasteiger partial charge in [0, 0.05) is 5.56 Å². The van der Waals surface area contributed by atoms with E-state index in [4.69, 9.17) is 11.6 Å². The van der Waals surface area contributed by atoms with E-state index < -0.39 is 0 Å². The molecule has 0 aliphatic rings. The quantitative estimate of drug-likeness (QED) is 0.675. The third-order valence-electron chi connectivity index (χ3n) is 3.27. The average Bonchev–Trinajstić information content (AvgIpc) is 2.85. The fourth-order valence-corrected chi connectivity index (χ4v) is 2.52. The first-order valence-corrected chi connectivity index (χ1v) is 6.94. The van der Waals surface area contributed by atoms with Crippen molar-refractivity contribution in [3.63, 3.8) is 0 Å². The summed E-state index contributed by atoms with van der Waals surface area (Å²) in [6.07, 6.45) is 0.754. The molecule has 3 nitrogen and oxygen atoms in total. The summed E-state index contributed by atoms with van der Waals surface area (Å²) in [6.45, 7) is 2.00. The number of benzene rings is 2. The minimum atomic E-state index is 0.328. The average molecular weight is 297 g/mol. The Labute approximate surface area is 127 Å². The highest BCUT2D eigenvalue weighted by atomic mass is 35.5. The molecule has 0 radical (unpaired) electrons. The highest BCUT2D eigenvalue weighted by Crippen LogP contribution is 2.29. The molecule has 2 aromatic carbocycles. The van der Waals surface area contributed by atoms with Gasteiger partial charge >= 0.3 is 0 Å². The summed E-state index contributed by atoms with van der Waals surface area (Å²) in [6, 6.07) is 17.4. The zero-order valence-corrected chi connectivity index (χ0v) is 12.2. The number of hydrogen-bond acceptors (Lipinski definition) is 2. The third-order valence-corrected chi connectivity index (χ3v) is 3.64. The normalized spacial score (nSPS) is 10.6. The minimum absolute atomic E-state index is 0.328. The lowest BCUT2D eigenvalue weighted by Gasteiger charge is -2.03. The van der Waals surface area contributed by atoms with Crippen LogP contribution < -0.4 is 0 Å². The van der Waals surface area contributed by atoms with Gasteiger partial charge in [0.05, 0.1) is 11.3 Å². The zero-order chi connectivity index (χ0) is 14.8. The Bertz CT molecular complexity index is 794. The predicted molar refractivity (Wildman–Crippen MR) is 84.1 cm³/mol. The van der Waals surface area contributed by atoms with Crippen LogP contribution in [-0.2, 0) is 0 Å². The van der Waals surface area contributed by atoms with E-state index in [0.29, 0.717) is 16.4 Å². The molecule has 3 rings (SSSR count). The van der Waals surface area contributed by atoms with Crippen molar-refractivity contribution in [3.8, 4) is 16.9 Å². The van der Waals surface area contributed by atoms with Gasteiger partial charge in [0.15, 0.2) is 6.29 Å². The molecular formula is C17H13ClN2O. The molecule has 0 aliphatic carbocycles. The van der Waals surface area contributed by atoms with Crippen molar-refractivity contribution in [1.29, 1.82) is 0 Å². The molecule has 1 aromatic heterocycles. The van der Waals surface area contributed by atoms with Gasteiger partial charge in [-0.05, 0) is 24.6 Å². The third kappa shape index (κ3) is 2.48. The van der Waals surface area contributed by atoms with Crippen LogP contribution >= 0.6 is 11.6 Å². The van der Waals surface area contributed by atoms with Crippen molar-refractivity contribution < 1.29 is 4.79 Å². The van der Waals surface area contributed by atoms with Gasteiger partial charge in [0.1, 0.15) is 10.8 Å². The van der Waals surface area contributed by atoms with Gasteiger partial charge in [-0.3, -0.25) is 4.79 Å². The fraction of sp³-hybridized carbons (Fsp3) is 0.0588. The summed E-state index contributed by atoms with van der Waals surface area (Å²) >= 11 is 6.34. The largest absolute Gasteiger partial charge is 0.298 e. The van der Waals surface area contributed by atoms with Gasteiger partial charge in [0.2, 0.25) is 0 Å². The maximum absolute atomic E-state index is 11.4. The van der Waals surface area contributed by atoms with Gasteiger partial charge in [-0.2, -0.15) is 5.10 Å². The van der Waals surface area contributed by atoms with Crippen LogP contribution in [0.15, 0.2) is 54.6 Å². The van der Waals surface area contributed by atoms with E-state index in [1.807, 2.05) is 61.5 Å². The van der Waals surface area contributed by atoms with Gasteiger partial charge < -0.3 is 0 Å². The van der Waals surface area contributed by atoms with E-state index in [9.17, 15) is 4.79 Å². The summed E-state index contributed by atoms with van der Waals surface area (Å²) in [5.41, 5.74) is 3.81. The van der Waals surface area contributed by atoms with Crippen LogP contribution in [0.5, 0.6) is 0 Å². The monoisotopic (exact) mass is 296 g/mol. The number of aromatic nitrogens is 2. The number of aryl methyl sites for hydroxylation is 1. The molecule has 0 aliphatic heterocycles. The first kappa shape index (κ1) is 13.6. The topological polar surface area (TPSA) is 34.9 Å². The van der Waals surface area contributed by atoms with Crippen LogP contribution in [0.4, 0.5) is 0 Å². The fourth-order valence-electron chi connectivity index (χ4n) is 2.25. The van der Waals surface area contributed by atoms with Gasteiger partial charge in [-0.25, -0.2) is 4.68 Å². The second kappa shape index (κ2) is 5.54. The van der Waals surface area contributed by atoms with Crippen molar-refractivity contribution in [3.05, 3.63) is 70.9 Å². The Morgan fingerprint density at radius 1 is 1.10 bits per heavy atom. The number of nitrogens with zero attached hydrogens (tertiary/aromatic N) is 2. The Balaban J connectivity index is 2.21. The van der Waals surface area contributed by atoms with E-state index in [1.165, 1.54) is 0 Å². The molecule has 0 spiro atoms. The van der Waals surface area contributed by atoms with E-state index in [-0.39, 0.29) is 0 Å². The Hall–Kier alpha value is -2.39. The zero-order valence-electron chi connectivity index (χ0n) is 11.5. The molecule has 3 aromatic rings. The summed E-state index contributed by atoms with van der Waals surface area (Å²) < 4.78 is 1.60. The van der Waals surface area contributed by atoms with E-state index >= 15 is 0 Å². The van der Waals surface area contributed by atoms with Gasteiger partial charge in [-0.1, -0.05) is 54.1 Å². The van der Waals surface area contributed by atoms with E-state index in [1.54, 1.807) is 4.68 Å². The Morgan fingerprint density at radius 3 is 2.52 bits per heavy atom. The van der Waals surface area contributed by atoms with Gasteiger partial charge in [-0.15, -0.1) is 0 Å². The maximum atomic E-state index is 11.4. The molecule has 0 amide bonds. The molecule has 104 valence electrons. The molecule has 0 fully saturated rings. The first-order chi connectivity index (χ1) is 10.2. The molecule has 4 heteroatoms. The molecule has 21 heavy (non-hydrogen) atoms. The molecule has 0 saturated heterocycles. The van der Waals surface area contributed by atoms with Crippen molar-refractivity contribution in [2.45, 2.75) is 6.92 Å². The number of halogens is 1. The molecule has 0 N–H and O–H groups in total. The highest BCUT2D eigenvalue weighted by molar-refractivity contribution is 6.32. The second-order valence-corrected chi connectivity index (χ2v) is 5.15. The number of carbonyl (C=O) groups is 1. The summed E-state index contributed by atoms with van der Waals surface area (Å²) in [5, 5.41) is 4.84. The predicted octanol–water partition coefficient (Wildman–Crippen LogP) is 4.31. The van der Waals surface area contributed by atoms with Crippen molar-refractivity contribution in [2.24, 2.45) is 0 Å². The number of carbonyl (C=O) groups excluding carboxylic acids is 1. The lowest BCUT2D eigenvalue weighted by Crippen LogP contribution is -1.97. The molecule has 0 atom stereocenters. The number of aldehydes is 1. The molecule has 0 unspecified atom stereocenters. The van der Waals surface area contributed by atoms with Crippen LogP contribution in [-0.4, -0.2) is 16.1 Å². The second-order valence-electron chi connectivity index (χ2n) is 4.79. The van der Waals surface area contributed by atoms with Crippen LogP contribution in [0.25, 0.3) is 16.9 Å². The Morgan fingerprint density at radius 2 is 1.86 bits per heavy atom. The van der Waals surface area contributed by atoms with Crippen LogP contribution in [0.1, 0.15) is 15.9 Å². The lowest BCUT2D eigenvalue weighted by molar-refractivity contribution is 0.112. The van der Waals surface area contributed by atoms with Gasteiger partial charge in [0.25, 0.3) is 0 Å². The number of hydrogen-bond donors (Lipinski definition) is 0. The molecular weight excluding hydrogens is 284 g/mol. The Kier molecular flexibility index (Phi) is 3.59. The first-order valence-electron chi connectivity index (χ1n) is 6.57.